The molecule has 2 aliphatic rings. The molecule has 2 N–H and O–H groups in total. The Balaban J connectivity index is 1.66. The van der Waals surface area contributed by atoms with Crippen molar-refractivity contribution in [2.45, 2.75) is 26.2 Å². The highest BCUT2D eigenvalue weighted by Gasteiger charge is 2.44. The molecule has 0 bridgehead atoms. The molecule has 3 aromatic rings. The normalized spacial score (nSPS) is 21.6. The highest BCUT2D eigenvalue weighted by Crippen LogP contribution is 2.50. The van der Waals surface area contributed by atoms with Crippen molar-refractivity contribution in [3.8, 4) is 11.5 Å². The molecule has 5 nitrogen and oxygen atoms in total. The minimum atomic E-state index is 0.189. The van der Waals surface area contributed by atoms with Crippen LogP contribution in [0.1, 0.15) is 23.2 Å². The van der Waals surface area contributed by atoms with Crippen molar-refractivity contribution in [1.82, 2.24) is 19.2 Å². The van der Waals surface area contributed by atoms with E-state index in [9.17, 15) is 3.89 Å². The molecule has 2 aromatic heterocycles. The predicted octanol–water partition coefficient (Wildman–Crippen LogP) is 3.89. The van der Waals surface area contributed by atoms with Crippen LogP contribution in [-0.4, -0.2) is 26.2 Å². The molecular formula is C17H18FN5S. The molecule has 0 amide bonds. The first kappa shape index (κ1) is 14.3. The summed E-state index contributed by atoms with van der Waals surface area (Å²) in [7, 11) is 1.91. The van der Waals surface area contributed by atoms with Crippen molar-refractivity contribution in [3.05, 3.63) is 29.0 Å². The molecule has 1 saturated carbocycles. The van der Waals surface area contributed by atoms with Crippen LogP contribution < -0.4 is 5.32 Å². The number of hydrogen-bond donors (Lipinski definition) is 2. The van der Waals surface area contributed by atoms with E-state index in [1.54, 1.807) is 0 Å². The number of H-pyrrole nitrogens is 1. The van der Waals surface area contributed by atoms with Crippen LogP contribution in [-0.2, 0) is 12.8 Å². The van der Waals surface area contributed by atoms with Crippen LogP contribution in [0, 0.1) is 18.8 Å². The van der Waals surface area contributed by atoms with E-state index in [1.807, 2.05) is 13.1 Å². The van der Waals surface area contributed by atoms with E-state index in [4.69, 9.17) is 4.98 Å². The summed E-state index contributed by atoms with van der Waals surface area (Å²) in [6.07, 6.45) is 3.19. The summed E-state index contributed by atoms with van der Waals surface area (Å²) in [6.45, 7) is 2.06. The number of hydrogen-bond acceptors (Lipinski definition) is 4. The van der Waals surface area contributed by atoms with Crippen molar-refractivity contribution < 1.29 is 3.89 Å². The average Bonchev–Trinajstić information content (AvgIpc) is 3.08. The first-order valence-electron chi connectivity index (χ1n) is 8.26. The van der Waals surface area contributed by atoms with E-state index in [2.05, 4.69) is 28.4 Å². The van der Waals surface area contributed by atoms with Crippen LogP contribution in [0.25, 0.3) is 22.6 Å². The van der Waals surface area contributed by atoms with E-state index in [-0.39, 0.29) is 12.3 Å². The summed E-state index contributed by atoms with van der Waals surface area (Å²) in [6, 6.07) is 4.12. The van der Waals surface area contributed by atoms with E-state index >= 15 is 0 Å². The highest BCUT2D eigenvalue weighted by molar-refractivity contribution is 7.92. The smallest absolute Gasteiger partial charge is 0.187 e. The van der Waals surface area contributed by atoms with Crippen molar-refractivity contribution in [3.63, 3.8) is 0 Å². The number of aryl methyl sites for hydroxylation is 1. The topological polar surface area (TPSA) is 58.5 Å². The van der Waals surface area contributed by atoms with E-state index in [0.29, 0.717) is 0 Å². The number of rotatable bonds is 3. The molecule has 0 saturated heterocycles. The van der Waals surface area contributed by atoms with Gasteiger partial charge in [0.25, 0.3) is 0 Å². The maximum Gasteiger partial charge on any atom is 0.187 e. The third kappa shape index (κ3) is 2.00. The van der Waals surface area contributed by atoms with Gasteiger partial charge in [0.05, 0.1) is 16.7 Å². The Hall–Kier alpha value is -2.02. The van der Waals surface area contributed by atoms with Crippen molar-refractivity contribution >= 4 is 29.1 Å². The van der Waals surface area contributed by atoms with E-state index < -0.39 is 0 Å². The Bertz CT molecular complexity index is 960. The largest absolute Gasteiger partial charge is 0.388 e. The van der Waals surface area contributed by atoms with Gasteiger partial charge in [-0.1, -0.05) is 0 Å². The monoisotopic (exact) mass is 343 g/mol. The molecule has 2 heterocycles. The number of imidazole rings is 1. The third-order valence-electron chi connectivity index (χ3n) is 5.43. The van der Waals surface area contributed by atoms with Crippen LogP contribution in [0.4, 0.5) is 9.57 Å². The van der Waals surface area contributed by atoms with Crippen LogP contribution >= 0.6 is 12.3 Å². The first-order valence-corrected chi connectivity index (χ1v) is 8.93. The molecule has 2 atom stereocenters. The molecule has 5 rings (SSSR count). The number of aromatic nitrogens is 4. The summed E-state index contributed by atoms with van der Waals surface area (Å²) < 4.78 is 14.8. The number of halogens is 1. The lowest BCUT2D eigenvalue weighted by Gasteiger charge is -2.11. The SMILES string of the molecule is CNc1cc2nc(-c3nn(SF)c4c3CC3CC3C4)[nH]c2cc1C. The zero-order valence-corrected chi connectivity index (χ0v) is 14.4. The van der Waals surface area contributed by atoms with Gasteiger partial charge >= 0.3 is 0 Å². The van der Waals surface area contributed by atoms with Crippen LogP contribution in [0.5, 0.6) is 0 Å². The number of nitrogens with one attached hydrogen (secondary N) is 2. The minimum Gasteiger partial charge on any atom is -0.388 e. The number of nitrogens with zero attached hydrogens (tertiary/aromatic N) is 3. The molecular weight excluding hydrogens is 325 g/mol. The Morgan fingerprint density at radius 3 is 2.96 bits per heavy atom. The second-order valence-corrected chi connectivity index (χ2v) is 7.38. The van der Waals surface area contributed by atoms with Gasteiger partial charge in [-0.3, -0.25) is 0 Å². The molecule has 1 fully saturated rings. The lowest BCUT2D eigenvalue weighted by atomic mass is 9.96. The molecule has 7 heteroatoms. The van der Waals surface area contributed by atoms with Gasteiger partial charge in [-0.15, -0.1) is 3.89 Å². The summed E-state index contributed by atoms with van der Waals surface area (Å²) in [5, 5.41) is 7.68. The fraction of sp³-hybridized carbons (Fsp3) is 0.412. The van der Waals surface area contributed by atoms with Crippen molar-refractivity contribution in [1.29, 1.82) is 0 Å². The quantitative estimate of drug-likeness (QED) is 0.757. The molecule has 124 valence electrons. The minimum absolute atomic E-state index is 0.189. The van der Waals surface area contributed by atoms with Gasteiger partial charge in [0.2, 0.25) is 0 Å². The molecule has 0 radical (unpaired) electrons. The Morgan fingerprint density at radius 1 is 1.33 bits per heavy atom. The Labute approximate surface area is 143 Å². The third-order valence-corrected chi connectivity index (χ3v) is 5.87. The molecule has 0 spiro atoms. The van der Waals surface area contributed by atoms with Gasteiger partial charge in [-0.25, -0.2) is 4.98 Å². The average molecular weight is 343 g/mol. The second kappa shape index (κ2) is 4.99. The Morgan fingerprint density at radius 2 is 2.17 bits per heavy atom. The van der Waals surface area contributed by atoms with Gasteiger partial charge in [0.15, 0.2) is 18.2 Å². The zero-order valence-electron chi connectivity index (χ0n) is 13.6. The highest BCUT2D eigenvalue weighted by atomic mass is 32.2. The standard InChI is InChI=1S/C17H18FN5S/c1-8-3-13-14(7-12(8)19-2)21-17(20-13)16-11-5-9-4-10(9)6-15(11)23(22-16)24-18/h3,7,9-10,19H,4-6H2,1-2H3,(H,20,21). The Kier molecular flexibility index (Phi) is 2.98. The first-order chi connectivity index (χ1) is 11.7. The van der Waals surface area contributed by atoms with Gasteiger partial charge in [0, 0.05) is 18.3 Å². The van der Waals surface area contributed by atoms with Crippen LogP contribution in [0.3, 0.4) is 0 Å². The lowest BCUT2D eigenvalue weighted by molar-refractivity contribution is 0.632. The fourth-order valence-electron chi connectivity index (χ4n) is 3.99. The van der Waals surface area contributed by atoms with E-state index in [0.717, 1.165) is 64.2 Å². The van der Waals surface area contributed by atoms with Gasteiger partial charge < -0.3 is 10.3 Å². The molecule has 2 aliphatic carbocycles. The second-order valence-electron chi connectivity index (χ2n) is 6.90. The van der Waals surface area contributed by atoms with Crippen LogP contribution in [0.2, 0.25) is 0 Å². The zero-order chi connectivity index (χ0) is 16.4. The van der Waals surface area contributed by atoms with Gasteiger partial charge in [-0.05, 0) is 55.7 Å². The van der Waals surface area contributed by atoms with Gasteiger partial charge in [-0.2, -0.15) is 9.19 Å². The van der Waals surface area contributed by atoms with Crippen molar-refractivity contribution in [2.24, 2.45) is 11.8 Å². The maximum atomic E-state index is 13.3. The summed E-state index contributed by atoms with van der Waals surface area (Å²) >= 11 is 0.189. The van der Waals surface area contributed by atoms with Gasteiger partial charge in [0.1, 0.15) is 5.69 Å². The van der Waals surface area contributed by atoms with Crippen molar-refractivity contribution in [2.75, 3.05) is 12.4 Å². The summed E-state index contributed by atoms with van der Waals surface area (Å²) in [5.74, 6) is 2.21. The lowest BCUT2D eigenvalue weighted by Crippen LogP contribution is -2.07. The number of fused-ring (bicyclic) bond motifs is 3. The predicted molar refractivity (Wildman–Crippen MR) is 94.7 cm³/mol. The number of aromatic amines is 1. The maximum absolute atomic E-state index is 13.3. The number of anilines is 1. The molecule has 24 heavy (non-hydrogen) atoms. The van der Waals surface area contributed by atoms with Crippen LogP contribution in [0.15, 0.2) is 12.1 Å². The molecule has 0 aliphatic heterocycles. The molecule has 1 aromatic carbocycles. The van der Waals surface area contributed by atoms with E-state index in [1.165, 1.54) is 16.1 Å². The number of benzene rings is 1. The molecule has 2 unspecified atom stereocenters. The summed E-state index contributed by atoms with van der Waals surface area (Å²) in [5.41, 5.74) is 7.11. The fourth-order valence-corrected chi connectivity index (χ4v) is 4.37. The summed E-state index contributed by atoms with van der Waals surface area (Å²) in [4.78, 5) is 8.10.